The van der Waals surface area contributed by atoms with E-state index in [0.717, 1.165) is 48.1 Å². The third kappa shape index (κ3) is 1.37. The Morgan fingerprint density at radius 3 is 2.67 bits per heavy atom. The van der Waals surface area contributed by atoms with Gasteiger partial charge in [0.25, 0.3) is 0 Å². The number of nitrogens with zero attached hydrogens (tertiary/aromatic N) is 1. The minimum absolute atomic E-state index is 0.733. The molecule has 4 fully saturated rings. The third-order valence-corrected chi connectivity index (χ3v) is 5.75. The Hall–Kier alpha value is -0.830. The molecular weight excluding hydrogens is 224 g/mol. The van der Waals surface area contributed by atoms with Crippen molar-refractivity contribution in [1.82, 2.24) is 10.3 Å². The standard InChI is InChI=1S/C15H20N2O/c1-2-9-5-8(1)13-14(9)15(13)11-6-17-12(18-11)7-16-10-3-4-10/h6,8-10,13-16H,1-5,7H2. The Labute approximate surface area is 107 Å². The Bertz CT molecular complexity index is 463. The van der Waals surface area contributed by atoms with E-state index in [-0.39, 0.29) is 0 Å². The number of aromatic nitrogens is 1. The largest absolute Gasteiger partial charge is 0.444 e. The van der Waals surface area contributed by atoms with Crippen molar-refractivity contribution in [3.63, 3.8) is 0 Å². The number of nitrogens with one attached hydrogen (secondary N) is 1. The van der Waals surface area contributed by atoms with Gasteiger partial charge in [0.15, 0.2) is 0 Å². The van der Waals surface area contributed by atoms with E-state index in [1.807, 2.05) is 6.20 Å². The van der Waals surface area contributed by atoms with Crippen molar-refractivity contribution in [3.8, 4) is 0 Å². The minimum atomic E-state index is 0.733. The predicted molar refractivity (Wildman–Crippen MR) is 66.9 cm³/mol. The van der Waals surface area contributed by atoms with Crippen LogP contribution >= 0.6 is 0 Å². The van der Waals surface area contributed by atoms with Crippen LogP contribution in [0, 0.1) is 23.7 Å². The topological polar surface area (TPSA) is 38.1 Å². The van der Waals surface area contributed by atoms with Crippen molar-refractivity contribution in [2.24, 2.45) is 23.7 Å². The average molecular weight is 244 g/mol. The molecular formula is C15H20N2O. The molecule has 4 atom stereocenters. The highest BCUT2D eigenvalue weighted by atomic mass is 16.4. The van der Waals surface area contributed by atoms with Gasteiger partial charge < -0.3 is 9.73 Å². The lowest BCUT2D eigenvalue weighted by atomic mass is 10.0. The van der Waals surface area contributed by atoms with Gasteiger partial charge in [0.05, 0.1) is 12.7 Å². The van der Waals surface area contributed by atoms with Crippen molar-refractivity contribution in [3.05, 3.63) is 17.8 Å². The molecule has 4 unspecified atom stereocenters. The molecule has 1 aromatic heterocycles. The third-order valence-electron chi connectivity index (χ3n) is 5.75. The van der Waals surface area contributed by atoms with E-state index in [1.54, 1.807) is 0 Å². The van der Waals surface area contributed by atoms with Crippen molar-refractivity contribution in [2.75, 3.05) is 0 Å². The van der Waals surface area contributed by atoms with Crippen LogP contribution in [0.15, 0.2) is 10.6 Å². The van der Waals surface area contributed by atoms with E-state index in [9.17, 15) is 0 Å². The highest BCUT2D eigenvalue weighted by Gasteiger charge is 2.66. The molecule has 3 heteroatoms. The molecule has 1 aromatic rings. The second-order valence-corrected chi connectivity index (χ2v) is 6.83. The lowest BCUT2D eigenvalue weighted by Gasteiger charge is -2.05. The molecule has 0 aliphatic heterocycles. The summed E-state index contributed by atoms with van der Waals surface area (Å²) in [5.74, 6) is 6.77. The molecule has 0 amide bonds. The van der Waals surface area contributed by atoms with Gasteiger partial charge in [0, 0.05) is 12.0 Å². The summed E-state index contributed by atoms with van der Waals surface area (Å²) in [5, 5.41) is 3.47. The summed E-state index contributed by atoms with van der Waals surface area (Å²) >= 11 is 0. The van der Waals surface area contributed by atoms with E-state index in [4.69, 9.17) is 4.42 Å². The SMILES string of the molecule is c1nc(CNC2CC2)oc1C1C2C3CCC(C3)C12. The molecule has 18 heavy (non-hydrogen) atoms. The van der Waals surface area contributed by atoms with Gasteiger partial charge in [-0.2, -0.15) is 0 Å². The summed E-state index contributed by atoms with van der Waals surface area (Å²) in [6.45, 7) is 0.819. The maximum atomic E-state index is 5.97. The highest BCUT2D eigenvalue weighted by Crippen LogP contribution is 2.73. The van der Waals surface area contributed by atoms with Gasteiger partial charge in [-0.1, -0.05) is 0 Å². The van der Waals surface area contributed by atoms with Gasteiger partial charge in [-0.3, -0.25) is 0 Å². The van der Waals surface area contributed by atoms with Crippen LogP contribution in [-0.4, -0.2) is 11.0 Å². The summed E-state index contributed by atoms with van der Waals surface area (Å²) in [7, 11) is 0. The zero-order chi connectivity index (χ0) is 11.7. The lowest BCUT2D eigenvalue weighted by Crippen LogP contribution is -2.15. The van der Waals surface area contributed by atoms with Crippen LogP contribution in [0.5, 0.6) is 0 Å². The number of fused-ring (bicyclic) bond motifs is 5. The molecule has 1 heterocycles. The first-order valence-electron chi connectivity index (χ1n) is 7.58. The summed E-state index contributed by atoms with van der Waals surface area (Å²) in [4.78, 5) is 4.45. The number of rotatable bonds is 4. The van der Waals surface area contributed by atoms with E-state index in [1.165, 1.54) is 37.9 Å². The van der Waals surface area contributed by atoms with Crippen LogP contribution in [-0.2, 0) is 6.54 Å². The maximum absolute atomic E-state index is 5.97. The lowest BCUT2D eigenvalue weighted by molar-refractivity contribution is 0.406. The summed E-state index contributed by atoms with van der Waals surface area (Å²) in [6.07, 6.45) is 9.12. The zero-order valence-corrected chi connectivity index (χ0v) is 10.6. The van der Waals surface area contributed by atoms with Crippen LogP contribution in [0.4, 0.5) is 0 Å². The number of hydrogen-bond acceptors (Lipinski definition) is 3. The molecule has 96 valence electrons. The van der Waals surface area contributed by atoms with Gasteiger partial charge in [-0.05, 0) is 55.8 Å². The van der Waals surface area contributed by atoms with Crippen molar-refractivity contribution in [1.29, 1.82) is 0 Å². The molecule has 4 aliphatic rings. The first-order valence-corrected chi connectivity index (χ1v) is 7.58. The Morgan fingerprint density at radius 2 is 1.94 bits per heavy atom. The molecule has 1 N–H and O–H groups in total. The molecule has 5 rings (SSSR count). The fraction of sp³-hybridized carbons (Fsp3) is 0.800. The van der Waals surface area contributed by atoms with E-state index >= 15 is 0 Å². The van der Waals surface area contributed by atoms with Crippen LogP contribution in [0.3, 0.4) is 0 Å². The molecule has 4 saturated carbocycles. The fourth-order valence-corrected chi connectivity index (χ4v) is 4.78. The molecule has 0 spiro atoms. The van der Waals surface area contributed by atoms with Crippen LogP contribution in [0.25, 0.3) is 0 Å². The number of hydrogen-bond donors (Lipinski definition) is 1. The average Bonchev–Trinajstić information content (AvgIpc) is 3.23. The first-order chi connectivity index (χ1) is 8.90. The van der Waals surface area contributed by atoms with E-state index in [2.05, 4.69) is 10.3 Å². The van der Waals surface area contributed by atoms with E-state index < -0.39 is 0 Å². The molecule has 2 bridgehead atoms. The van der Waals surface area contributed by atoms with Crippen LogP contribution in [0.1, 0.15) is 49.7 Å². The quantitative estimate of drug-likeness (QED) is 0.885. The molecule has 4 aliphatic carbocycles. The Kier molecular flexibility index (Phi) is 1.88. The second-order valence-electron chi connectivity index (χ2n) is 6.83. The zero-order valence-electron chi connectivity index (χ0n) is 10.6. The van der Waals surface area contributed by atoms with E-state index in [0.29, 0.717) is 0 Å². The monoisotopic (exact) mass is 244 g/mol. The summed E-state index contributed by atoms with van der Waals surface area (Å²) in [5.41, 5.74) is 0. The number of oxazole rings is 1. The van der Waals surface area contributed by atoms with Crippen molar-refractivity contribution >= 4 is 0 Å². The van der Waals surface area contributed by atoms with Gasteiger partial charge in [0.2, 0.25) is 5.89 Å². The van der Waals surface area contributed by atoms with Gasteiger partial charge in [0.1, 0.15) is 5.76 Å². The Balaban J connectivity index is 1.30. The van der Waals surface area contributed by atoms with Crippen molar-refractivity contribution < 1.29 is 4.42 Å². The first kappa shape index (κ1) is 10.0. The normalized spacial score (nSPS) is 44.3. The van der Waals surface area contributed by atoms with Crippen molar-refractivity contribution in [2.45, 2.75) is 50.6 Å². The summed E-state index contributed by atoms with van der Waals surface area (Å²) < 4.78 is 5.97. The molecule has 0 radical (unpaired) electrons. The van der Waals surface area contributed by atoms with Crippen LogP contribution < -0.4 is 5.32 Å². The molecule has 3 nitrogen and oxygen atoms in total. The minimum Gasteiger partial charge on any atom is -0.444 e. The molecule has 0 saturated heterocycles. The van der Waals surface area contributed by atoms with Gasteiger partial charge in [-0.15, -0.1) is 0 Å². The van der Waals surface area contributed by atoms with Gasteiger partial charge in [-0.25, -0.2) is 4.98 Å². The Morgan fingerprint density at radius 1 is 1.17 bits per heavy atom. The maximum Gasteiger partial charge on any atom is 0.208 e. The smallest absolute Gasteiger partial charge is 0.208 e. The van der Waals surface area contributed by atoms with Crippen LogP contribution in [0.2, 0.25) is 0 Å². The predicted octanol–water partition coefficient (Wildman–Crippen LogP) is 2.69. The fourth-order valence-electron chi connectivity index (χ4n) is 4.78. The molecule has 0 aromatic carbocycles. The summed E-state index contributed by atoms with van der Waals surface area (Å²) in [6, 6.07) is 0.733. The van der Waals surface area contributed by atoms with Gasteiger partial charge >= 0.3 is 0 Å². The second kappa shape index (κ2) is 3.38. The highest BCUT2D eigenvalue weighted by molar-refractivity contribution is 5.25.